The number of rotatable bonds is 0. The zero-order chi connectivity index (χ0) is 10.3. The fourth-order valence-electron chi connectivity index (χ4n) is 2.60. The standard InChI is InChI=1S/C12H22N2/c1-10-5-6-11-9-13(12(2,3)4)7-8-14(10)11/h11H,1,5-9H2,2-4H3/t11-/m0/s1. The van der Waals surface area contributed by atoms with E-state index in [4.69, 9.17) is 0 Å². The van der Waals surface area contributed by atoms with E-state index in [-0.39, 0.29) is 0 Å². The molecule has 0 bridgehead atoms. The highest BCUT2D eigenvalue weighted by Gasteiger charge is 2.35. The van der Waals surface area contributed by atoms with E-state index in [0.29, 0.717) is 5.54 Å². The average molecular weight is 194 g/mol. The summed E-state index contributed by atoms with van der Waals surface area (Å²) >= 11 is 0. The Hall–Kier alpha value is -0.500. The van der Waals surface area contributed by atoms with Crippen molar-refractivity contribution in [1.29, 1.82) is 0 Å². The Bertz CT molecular complexity index is 239. The Morgan fingerprint density at radius 1 is 1.29 bits per heavy atom. The summed E-state index contributed by atoms with van der Waals surface area (Å²) in [5.74, 6) is 0. The van der Waals surface area contributed by atoms with Gasteiger partial charge in [0.2, 0.25) is 0 Å². The predicted octanol–water partition coefficient (Wildman–Crippen LogP) is 2.08. The normalized spacial score (nSPS) is 29.5. The molecule has 0 N–H and O–H groups in total. The summed E-state index contributed by atoms with van der Waals surface area (Å²) in [6, 6.07) is 0.746. The Morgan fingerprint density at radius 2 is 2.00 bits per heavy atom. The lowest BCUT2D eigenvalue weighted by molar-refractivity contribution is 0.0510. The van der Waals surface area contributed by atoms with E-state index in [9.17, 15) is 0 Å². The monoisotopic (exact) mass is 194 g/mol. The minimum Gasteiger partial charge on any atom is -0.370 e. The first-order chi connectivity index (χ1) is 6.48. The van der Waals surface area contributed by atoms with Gasteiger partial charge in [-0.25, -0.2) is 0 Å². The van der Waals surface area contributed by atoms with Crippen LogP contribution in [0, 0.1) is 0 Å². The molecule has 0 radical (unpaired) electrons. The molecule has 14 heavy (non-hydrogen) atoms. The molecule has 2 aliphatic rings. The lowest BCUT2D eigenvalue weighted by Crippen LogP contribution is -2.55. The van der Waals surface area contributed by atoms with Crippen LogP contribution in [0.4, 0.5) is 0 Å². The largest absolute Gasteiger partial charge is 0.370 e. The summed E-state index contributed by atoms with van der Waals surface area (Å²) in [5.41, 5.74) is 1.69. The van der Waals surface area contributed by atoms with Gasteiger partial charge in [0.15, 0.2) is 0 Å². The van der Waals surface area contributed by atoms with Crippen molar-refractivity contribution in [3.05, 3.63) is 12.3 Å². The van der Waals surface area contributed by atoms with Crippen molar-refractivity contribution in [2.45, 2.75) is 45.2 Å². The molecular formula is C12H22N2. The number of allylic oxidation sites excluding steroid dienone is 1. The lowest BCUT2D eigenvalue weighted by atomic mass is 10.0. The van der Waals surface area contributed by atoms with Crippen LogP contribution in [0.3, 0.4) is 0 Å². The second-order valence-corrected chi connectivity index (χ2v) is 5.57. The second-order valence-electron chi connectivity index (χ2n) is 5.57. The van der Waals surface area contributed by atoms with Gasteiger partial charge < -0.3 is 4.90 Å². The molecular weight excluding hydrogens is 172 g/mol. The van der Waals surface area contributed by atoms with Crippen LogP contribution in [0.25, 0.3) is 0 Å². The Balaban J connectivity index is 2.03. The SMILES string of the molecule is C=C1CC[C@H]2CN(C(C)(C)C)CCN12. The van der Waals surface area contributed by atoms with Crippen LogP contribution < -0.4 is 0 Å². The van der Waals surface area contributed by atoms with Crippen molar-refractivity contribution >= 4 is 0 Å². The van der Waals surface area contributed by atoms with Crippen LogP contribution >= 0.6 is 0 Å². The molecule has 2 saturated heterocycles. The number of hydrogen-bond acceptors (Lipinski definition) is 2. The zero-order valence-corrected chi connectivity index (χ0v) is 9.71. The molecule has 2 heteroatoms. The van der Waals surface area contributed by atoms with Gasteiger partial charge in [0.25, 0.3) is 0 Å². The van der Waals surface area contributed by atoms with Gasteiger partial charge in [-0.2, -0.15) is 0 Å². The molecule has 0 amide bonds. The Labute approximate surface area is 87.6 Å². The maximum Gasteiger partial charge on any atom is 0.0418 e. The highest BCUT2D eigenvalue weighted by Crippen LogP contribution is 2.31. The van der Waals surface area contributed by atoms with E-state index >= 15 is 0 Å². The second kappa shape index (κ2) is 3.27. The molecule has 0 aromatic carbocycles. The minimum atomic E-state index is 0.329. The predicted molar refractivity (Wildman–Crippen MR) is 60.2 cm³/mol. The minimum absolute atomic E-state index is 0.329. The summed E-state index contributed by atoms with van der Waals surface area (Å²) in [6.45, 7) is 14.7. The van der Waals surface area contributed by atoms with Crippen LogP contribution in [-0.4, -0.2) is 41.0 Å². The summed E-state index contributed by atoms with van der Waals surface area (Å²) in [7, 11) is 0. The number of piperazine rings is 1. The maximum atomic E-state index is 4.13. The van der Waals surface area contributed by atoms with Crippen LogP contribution in [0.2, 0.25) is 0 Å². The van der Waals surface area contributed by atoms with Gasteiger partial charge >= 0.3 is 0 Å². The molecule has 80 valence electrons. The third-order valence-electron chi connectivity index (χ3n) is 3.60. The fraction of sp³-hybridized carbons (Fsp3) is 0.833. The van der Waals surface area contributed by atoms with Crippen LogP contribution in [0.5, 0.6) is 0 Å². The molecule has 2 aliphatic heterocycles. The van der Waals surface area contributed by atoms with E-state index in [1.165, 1.54) is 38.2 Å². The van der Waals surface area contributed by atoms with Crippen LogP contribution in [-0.2, 0) is 0 Å². The van der Waals surface area contributed by atoms with Gasteiger partial charge in [-0.15, -0.1) is 0 Å². The van der Waals surface area contributed by atoms with Gasteiger partial charge in [0.1, 0.15) is 0 Å². The summed E-state index contributed by atoms with van der Waals surface area (Å²) in [6.07, 6.45) is 2.52. The molecule has 0 spiro atoms. The van der Waals surface area contributed by atoms with Gasteiger partial charge in [-0.3, -0.25) is 4.90 Å². The Kier molecular flexibility index (Phi) is 2.34. The molecule has 2 fully saturated rings. The average Bonchev–Trinajstić information content (AvgIpc) is 2.46. The first kappa shape index (κ1) is 10.0. The summed E-state index contributed by atoms with van der Waals surface area (Å²) < 4.78 is 0. The van der Waals surface area contributed by atoms with Gasteiger partial charge in [-0.1, -0.05) is 6.58 Å². The van der Waals surface area contributed by atoms with Crippen molar-refractivity contribution in [3.8, 4) is 0 Å². The summed E-state index contributed by atoms with van der Waals surface area (Å²) in [4.78, 5) is 5.12. The maximum absolute atomic E-state index is 4.13. The van der Waals surface area contributed by atoms with Crippen molar-refractivity contribution in [2.75, 3.05) is 19.6 Å². The first-order valence-corrected chi connectivity index (χ1v) is 5.68. The molecule has 2 nitrogen and oxygen atoms in total. The molecule has 0 unspecified atom stereocenters. The highest BCUT2D eigenvalue weighted by atomic mass is 15.3. The van der Waals surface area contributed by atoms with E-state index in [0.717, 1.165) is 6.04 Å². The van der Waals surface area contributed by atoms with Gasteiger partial charge in [0, 0.05) is 36.9 Å². The first-order valence-electron chi connectivity index (χ1n) is 5.68. The van der Waals surface area contributed by atoms with E-state index in [1.54, 1.807) is 0 Å². The lowest BCUT2D eigenvalue weighted by Gasteiger charge is -2.45. The van der Waals surface area contributed by atoms with Gasteiger partial charge in [-0.05, 0) is 33.6 Å². The third-order valence-corrected chi connectivity index (χ3v) is 3.60. The number of fused-ring (bicyclic) bond motifs is 1. The molecule has 1 atom stereocenters. The number of nitrogens with zero attached hydrogens (tertiary/aromatic N) is 2. The molecule has 0 saturated carbocycles. The zero-order valence-electron chi connectivity index (χ0n) is 9.71. The van der Waals surface area contributed by atoms with Gasteiger partial charge in [0.05, 0.1) is 0 Å². The molecule has 0 aliphatic carbocycles. The van der Waals surface area contributed by atoms with Crippen molar-refractivity contribution < 1.29 is 0 Å². The fourth-order valence-corrected chi connectivity index (χ4v) is 2.60. The van der Waals surface area contributed by atoms with E-state index < -0.39 is 0 Å². The van der Waals surface area contributed by atoms with Crippen molar-refractivity contribution in [1.82, 2.24) is 9.80 Å². The van der Waals surface area contributed by atoms with Crippen molar-refractivity contribution in [3.63, 3.8) is 0 Å². The molecule has 0 aromatic rings. The van der Waals surface area contributed by atoms with Crippen molar-refractivity contribution in [2.24, 2.45) is 0 Å². The quantitative estimate of drug-likeness (QED) is 0.582. The molecule has 2 heterocycles. The molecule has 2 rings (SSSR count). The third kappa shape index (κ3) is 1.68. The van der Waals surface area contributed by atoms with Crippen LogP contribution in [0.15, 0.2) is 12.3 Å². The summed E-state index contributed by atoms with van der Waals surface area (Å²) in [5, 5.41) is 0. The van der Waals surface area contributed by atoms with E-state index in [2.05, 4.69) is 37.1 Å². The topological polar surface area (TPSA) is 6.48 Å². The number of hydrogen-bond donors (Lipinski definition) is 0. The smallest absolute Gasteiger partial charge is 0.0418 e. The Morgan fingerprint density at radius 3 is 2.64 bits per heavy atom. The van der Waals surface area contributed by atoms with Crippen LogP contribution in [0.1, 0.15) is 33.6 Å². The molecule has 0 aromatic heterocycles. The highest BCUT2D eigenvalue weighted by molar-refractivity contribution is 5.07. The van der Waals surface area contributed by atoms with E-state index in [1.807, 2.05) is 0 Å².